The van der Waals surface area contributed by atoms with Gasteiger partial charge in [-0.25, -0.2) is 4.99 Å². The van der Waals surface area contributed by atoms with Crippen molar-refractivity contribution in [2.75, 3.05) is 0 Å². The van der Waals surface area contributed by atoms with Crippen molar-refractivity contribution >= 4 is 92.4 Å². The molecule has 1 N–H and O–H groups in total. The van der Waals surface area contributed by atoms with Crippen LogP contribution in [0.4, 0.5) is 0 Å². The lowest BCUT2D eigenvalue weighted by atomic mass is 10.0. The molecule has 11 rings (SSSR count). The van der Waals surface area contributed by atoms with Gasteiger partial charge in [-0.05, 0) is 36.4 Å². The highest BCUT2D eigenvalue weighted by molar-refractivity contribution is 7.27. The number of aliphatic imine (C=N–C) groups is 1. The van der Waals surface area contributed by atoms with Crippen molar-refractivity contribution in [1.82, 2.24) is 14.5 Å². The van der Waals surface area contributed by atoms with Gasteiger partial charge in [0.05, 0.1) is 33.8 Å². The van der Waals surface area contributed by atoms with Gasteiger partial charge in [-0.1, -0.05) is 121 Å². The molecule has 5 heteroatoms. The van der Waals surface area contributed by atoms with E-state index in [1.165, 1.54) is 58.3 Å². The molecule has 4 nitrogen and oxygen atoms in total. The van der Waals surface area contributed by atoms with Crippen LogP contribution >= 0.6 is 11.3 Å². The molecule has 3 aromatic heterocycles. The van der Waals surface area contributed by atoms with Crippen molar-refractivity contribution in [2.24, 2.45) is 4.99 Å². The summed E-state index contributed by atoms with van der Waals surface area (Å²) in [7, 11) is 0. The third-order valence-corrected chi connectivity index (χ3v) is 11.3. The van der Waals surface area contributed by atoms with E-state index >= 15 is 0 Å². The Morgan fingerprint density at radius 1 is 0.571 bits per heavy atom. The first-order valence-corrected chi connectivity index (χ1v) is 17.5. The molecule has 1 aliphatic carbocycles. The number of aromatic nitrogens is 2. The molecule has 0 bridgehead atoms. The van der Waals surface area contributed by atoms with Crippen LogP contribution in [-0.2, 0) is 0 Å². The Hall–Kier alpha value is -6.17. The van der Waals surface area contributed by atoms with E-state index < -0.39 is 0 Å². The van der Waals surface area contributed by atoms with Gasteiger partial charge in [-0.15, -0.1) is 11.3 Å². The number of hydrogen-bond donors (Lipinski definition) is 1. The molecule has 0 amide bonds. The van der Waals surface area contributed by atoms with Crippen LogP contribution in [0, 0.1) is 0 Å². The number of hydrogen-bond acceptors (Lipinski definition) is 3. The normalized spacial score (nSPS) is 16.0. The molecule has 0 spiro atoms. The van der Waals surface area contributed by atoms with E-state index in [1.807, 2.05) is 11.3 Å². The predicted molar refractivity (Wildman–Crippen MR) is 209 cm³/mol. The van der Waals surface area contributed by atoms with Crippen LogP contribution in [0.5, 0.6) is 0 Å². The van der Waals surface area contributed by atoms with E-state index in [4.69, 9.17) is 4.99 Å². The van der Waals surface area contributed by atoms with Gasteiger partial charge in [-0.3, -0.25) is 4.57 Å². The molecule has 230 valence electrons. The number of fused-ring (bicyclic) bond motifs is 13. The minimum atomic E-state index is -0.0350. The Balaban J connectivity index is 1.45. The SMILES string of the molecule is C1=CC2=NC(c3ccccc3)=C(n3c4ccccc4c4c5sc6ccccc6c5c5c6ccccc6n(-c6ccccc6)c5c43)NC2C=C1. The number of thiophene rings is 1. The van der Waals surface area contributed by atoms with Gasteiger partial charge in [-0.2, -0.15) is 0 Å². The predicted octanol–water partition coefficient (Wildman–Crippen LogP) is 11.1. The van der Waals surface area contributed by atoms with Gasteiger partial charge in [0.2, 0.25) is 0 Å². The van der Waals surface area contributed by atoms with Crippen molar-refractivity contribution in [3.63, 3.8) is 0 Å². The van der Waals surface area contributed by atoms with Gasteiger partial charge in [0, 0.05) is 53.0 Å². The fourth-order valence-corrected chi connectivity index (χ4v) is 9.35. The number of nitrogens with one attached hydrogen (secondary N) is 1. The summed E-state index contributed by atoms with van der Waals surface area (Å²) < 4.78 is 7.58. The summed E-state index contributed by atoms with van der Waals surface area (Å²) in [5.74, 6) is 0.984. The van der Waals surface area contributed by atoms with Crippen molar-refractivity contribution in [1.29, 1.82) is 0 Å². The number of allylic oxidation sites excluding steroid dienone is 2. The van der Waals surface area contributed by atoms with E-state index in [-0.39, 0.29) is 6.04 Å². The van der Waals surface area contributed by atoms with Crippen LogP contribution in [0.25, 0.3) is 81.0 Å². The lowest BCUT2D eigenvalue weighted by Crippen LogP contribution is -2.38. The van der Waals surface area contributed by atoms with Crippen LogP contribution in [0.3, 0.4) is 0 Å². The minimum absolute atomic E-state index is 0.0350. The second kappa shape index (κ2) is 10.2. The standard InChI is InChI=1S/C44H28N4S/c1-3-15-27(16-4-1)40-44(46-33-23-11-10-22-32(33)45-40)48-35-25-13-8-20-30(35)39-42(48)41-37(38-31-21-9-14-26-36(31)49-43(38)39)29-19-7-12-24-34(29)47(41)28-17-5-2-6-18-28/h1-26,33,46H. The molecular formula is C44H28N4S. The first-order chi connectivity index (χ1) is 24.3. The maximum Gasteiger partial charge on any atom is 0.138 e. The van der Waals surface area contributed by atoms with Gasteiger partial charge in [0.15, 0.2) is 0 Å². The third-order valence-electron chi connectivity index (χ3n) is 10.1. The maximum absolute atomic E-state index is 5.40. The zero-order valence-electron chi connectivity index (χ0n) is 26.3. The Morgan fingerprint density at radius 3 is 2.00 bits per heavy atom. The first kappa shape index (κ1) is 26.9. The summed E-state index contributed by atoms with van der Waals surface area (Å²) in [6.07, 6.45) is 8.51. The van der Waals surface area contributed by atoms with E-state index in [9.17, 15) is 0 Å². The van der Waals surface area contributed by atoms with Gasteiger partial charge in [0.1, 0.15) is 11.5 Å². The van der Waals surface area contributed by atoms with Crippen LogP contribution in [-0.4, -0.2) is 20.9 Å². The summed E-state index contributed by atoms with van der Waals surface area (Å²) >= 11 is 1.90. The quantitative estimate of drug-likeness (QED) is 0.204. The number of para-hydroxylation sites is 3. The van der Waals surface area contributed by atoms with Crippen LogP contribution < -0.4 is 5.32 Å². The fourth-order valence-electron chi connectivity index (χ4n) is 8.08. The first-order valence-electron chi connectivity index (χ1n) is 16.7. The van der Waals surface area contributed by atoms with E-state index in [0.29, 0.717) is 0 Å². The van der Waals surface area contributed by atoms with Gasteiger partial charge in [0.25, 0.3) is 0 Å². The van der Waals surface area contributed by atoms with E-state index in [2.05, 4.69) is 172 Å². The lowest BCUT2D eigenvalue weighted by molar-refractivity contribution is 0.837. The minimum Gasteiger partial charge on any atom is -0.357 e. The Labute approximate surface area is 285 Å². The second-order valence-electron chi connectivity index (χ2n) is 12.8. The summed E-state index contributed by atoms with van der Waals surface area (Å²) in [5, 5.41) is 11.7. The van der Waals surface area contributed by atoms with E-state index in [1.54, 1.807) is 0 Å². The largest absolute Gasteiger partial charge is 0.357 e. The molecule has 1 unspecified atom stereocenters. The van der Waals surface area contributed by atoms with Crippen molar-refractivity contribution in [2.45, 2.75) is 6.04 Å². The second-order valence-corrected chi connectivity index (χ2v) is 13.8. The van der Waals surface area contributed by atoms with Gasteiger partial charge < -0.3 is 9.88 Å². The molecule has 4 heterocycles. The fraction of sp³-hybridized carbons (Fsp3) is 0.0227. The molecule has 6 aromatic carbocycles. The highest BCUT2D eigenvalue weighted by atomic mass is 32.1. The molecule has 9 aromatic rings. The molecule has 0 saturated heterocycles. The number of rotatable bonds is 3. The molecule has 0 fully saturated rings. The number of nitrogens with zero attached hydrogens (tertiary/aromatic N) is 3. The van der Waals surface area contributed by atoms with Crippen molar-refractivity contribution in [3.8, 4) is 5.69 Å². The average molecular weight is 645 g/mol. The molecule has 1 aliphatic heterocycles. The summed E-state index contributed by atoms with van der Waals surface area (Å²) in [6.45, 7) is 0. The smallest absolute Gasteiger partial charge is 0.138 e. The molecule has 2 aliphatic rings. The summed E-state index contributed by atoms with van der Waals surface area (Å²) in [6, 6.07) is 48.1. The monoisotopic (exact) mass is 644 g/mol. The van der Waals surface area contributed by atoms with Crippen LogP contribution in [0.2, 0.25) is 0 Å². The van der Waals surface area contributed by atoms with Crippen molar-refractivity contribution < 1.29 is 0 Å². The third kappa shape index (κ3) is 3.71. The maximum atomic E-state index is 5.40. The molecule has 49 heavy (non-hydrogen) atoms. The molecular weight excluding hydrogens is 617 g/mol. The average Bonchev–Trinajstić information content (AvgIpc) is 3.83. The zero-order chi connectivity index (χ0) is 32.1. The topological polar surface area (TPSA) is 34.2 Å². The Bertz CT molecular complexity index is 2950. The summed E-state index contributed by atoms with van der Waals surface area (Å²) in [5.41, 5.74) is 8.89. The Kier molecular flexibility index (Phi) is 5.57. The van der Waals surface area contributed by atoms with Gasteiger partial charge >= 0.3 is 0 Å². The van der Waals surface area contributed by atoms with Crippen LogP contribution in [0.15, 0.2) is 163 Å². The zero-order valence-corrected chi connectivity index (χ0v) is 27.2. The molecule has 0 saturated carbocycles. The highest BCUT2D eigenvalue weighted by Crippen LogP contribution is 2.51. The Morgan fingerprint density at radius 2 is 1.20 bits per heavy atom. The molecule has 1 atom stereocenters. The van der Waals surface area contributed by atoms with E-state index in [0.717, 1.165) is 34.0 Å². The van der Waals surface area contributed by atoms with Crippen LogP contribution in [0.1, 0.15) is 5.56 Å². The number of benzene rings is 6. The lowest BCUT2D eigenvalue weighted by Gasteiger charge is -2.29. The van der Waals surface area contributed by atoms with Crippen molar-refractivity contribution in [3.05, 3.63) is 163 Å². The summed E-state index contributed by atoms with van der Waals surface area (Å²) in [4.78, 5) is 5.40. The highest BCUT2D eigenvalue weighted by Gasteiger charge is 2.31. The molecule has 0 radical (unpaired) electrons.